The van der Waals surface area contributed by atoms with Crippen molar-refractivity contribution in [3.63, 3.8) is 0 Å². The van der Waals surface area contributed by atoms with Gasteiger partial charge in [-0.15, -0.1) is 11.3 Å². The van der Waals surface area contributed by atoms with E-state index in [1.165, 1.54) is 12.1 Å². The van der Waals surface area contributed by atoms with Crippen molar-refractivity contribution in [2.75, 3.05) is 7.05 Å². The SMILES string of the molecule is CN(Cc1nc(-c2cccc([N+](=O)[O-])c2)no1)Cc1nc2ccccc2s1. The van der Waals surface area contributed by atoms with Gasteiger partial charge < -0.3 is 4.52 Å². The first-order valence-electron chi connectivity index (χ1n) is 8.19. The summed E-state index contributed by atoms with van der Waals surface area (Å²) in [4.78, 5) is 21.5. The number of rotatable bonds is 6. The zero-order valence-corrected chi connectivity index (χ0v) is 15.2. The van der Waals surface area contributed by atoms with Gasteiger partial charge in [0.1, 0.15) is 5.01 Å². The largest absolute Gasteiger partial charge is 0.338 e. The molecule has 0 fully saturated rings. The normalized spacial score (nSPS) is 11.3. The molecule has 0 unspecified atom stereocenters. The summed E-state index contributed by atoms with van der Waals surface area (Å²) in [6, 6.07) is 14.2. The van der Waals surface area contributed by atoms with Gasteiger partial charge in [-0.1, -0.05) is 29.4 Å². The summed E-state index contributed by atoms with van der Waals surface area (Å²) in [6.07, 6.45) is 0. The van der Waals surface area contributed by atoms with Crippen molar-refractivity contribution in [1.82, 2.24) is 20.0 Å². The number of thiazole rings is 1. The van der Waals surface area contributed by atoms with E-state index in [-0.39, 0.29) is 5.69 Å². The maximum atomic E-state index is 10.9. The predicted octanol–water partition coefficient (Wildman–Crippen LogP) is 3.89. The van der Waals surface area contributed by atoms with Crippen LogP contribution in [-0.2, 0) is 13.1 Å². The lowest BCUT2D eigenvalue weighted by atomic mass is 10.2. The van der Waals surface area contributed by atoms with Gasteiger partial charge >= 0.3 is 0 Å². The van der Waals surface area contributed by atoms with E-state index in [2.05, 4.69) is 21.2 Å². The number of non-ortho nitro benzene ring substituents is 1. The highest BCUT2D eigenvalue weighted by Crippen LogP contribution is 2.24. The Morgan fingerprint density at radius 3 is 2.81 bits per heavy atom. The third-order valence-electron chi connectivity index (χ3n) is 3.93. The minimum absolute atomic E-state index is 0.00759. The van der Waals surface area contributed by atoms with Crippen LogP contribution in [0.4, 0.5) is 5.69 Å². The fourth-order valence-corrected chi connectivity index (χ4v) is 3.75. The molecular formula is C18H15N5O3S. The number of aromatic nitrogens is 3. The van der Waals surface area contributed by atoms with Gasteiger partial charge in [0.2, 0.25) is 11.7 Å². The molecule has 0 saturated heterocycles. The predicted molar refractivity (Wildman–Crippen MR) is 101 cm³/mol. The number of hydrogen-bond donors (Lipinski definition) is 0. The third-order valence-corrected chi connectivity index (χ3v) is 4.95. The molecule has 0 atom stereocenters. The second-order valence-electron chi connectivity index (χ2n) is 6.07. The molecule has 4 rings (SSSR count). The van der Waals surface area contributed by atoms with Crippen LogP contribution in [-0.4, -0.2) is 32.0 Å². The maximum Gasteiger partial charge on any atom is 0.270 e. The molecule has 2 aromatic heterocycles. The van der Waals surface area contributed by atoms with Crippen LogP contribution in [0.15, 0.2) is 53.1 Å². The van der Waals surface area contributed by atoms with Gasteiger partial charge in [0.05, 0.1) is 28.2 Å². The van der Waals surface area contributed by atoms with Crippen molar-refractivity contribution in [3.05, 3.63) is 69.5 Å². The number of nitro groups is 1. The van der Waals surface area contributed by atoms with Crippen molar-refractivity contribution >= 4 is 27.2 Å². The fourth-order valence-electron chi connectivity index (χ4n) is 2.70. The molecule has 2 heterocycles. The molecule has 8 nitrogen and oxygen atoms in total. The van der Waals surface area contributed by atoms with Crippen molar-refractivity contribution in [1.29, 1.82) is 0 Å². The molecule has 4 aromatic rings. The summed E-state index contributed by atoms with van der Waals surface area (Å²) in [5, 5.41) is 15.8. The molecule has 0 radical (unpaired) electrons. The van der Waals surface area contributed by atoms with Crippen LogP contribution in [0.5, 0.6) is 0 Å². The molecule has 0 amide bonds. The van der Waals surface area contributed by atoms with Crippen molar-refractivity contribution in [3.8, 4) is 11.4 Å². The number of hydrogen-bond acceptors (Lipinski definition) is 8. The van der Waals surface area contributed by atoms with Gasteiger partial charge in [-0.25, -0.2) is 4.98 Å². The number of nitrogens with zero attached hydrogens (tertiary/aromatic N) is 5. The highest BCUT2D eigenvalue weighted by Gasteiger charge is 2.14. The Hall–Kier alpha value is -3.17. The Bertz CT molecular complexity index is 1070. The van der Waals surface area contributed by atoms with E-state index < -0.39 is 4.92 Å². The topological polar surface area (TPSA) is 98.2 Å². The van der Waals surface area contributed by atoms with Crippen molar-refractivity contribution in [2.24, 2.45) is 0 Å². The van der Waals surface area contributed by atoms with Crippen LogP contribution >= 0.6 is 11.3 Å². The molecule has 2 aromatic carbocycles. The molecule has 0 aliphatic carbocycles. The van der Waals surface area contributed by atoms with Crippen LogP contribution in [0.1, 0.15) is 10.9 Å². The lowest BCUT2D eigenvalue weighted by Gasteiger charge is -2.11. The number of benzene rings is 2. The zero-order chi connectivity index (χ0) is 18.8. The molecule has 136 valence electrons. The van der Waals surface area contributed by atoms with Gasteiger partial charge in [0, 0.05) is 17.7 Å². The lowest BCUT2D eigenvalue weighted by molar-refractivity contribution is -0.384. The van der Waals surface area contributed by atoms with Gasteiger partial charge in [0.15, 0.2) is 0 Å². The first kappa shape index (κ1) is 17.3. The Morgan fingerprint density at radius 1 is 1.15 bits per heavy atom. The van der Waals surface area contributed by atoms with E-state index in [0.717, 1.165) is 15.2 Å². The van der Waals surface area contributed by atoms with E-state index in [9.17, 15) is 10.1 Å². The van der Waals surface area contributed by atoms with E-state index in [1.807, 2.05) is 30.1 Å². The average molecular weight is 381 g/mol. The highest BCUT2D eigenvalue weighted by atomic mass is 32.1. The molecular weight excluding hydrogens is 366 g/mol. The highest BCUT2D eigenvalue weighted by molar-refractivity contribution is 7.18. The monoisotopic (exact) mass is 381 g/mol. The van der Waals surface area contributed by atoms with Crippen LogP contribution in [0.25, 0.3) is 21.6 Å². The van der Waals surface area contributed by atoms with E-state index in [4.69, 9.17) is 4.52 Å². The Morgan fingerprint density at radius 2 is 2.00 bits per heavy atom. The second kappa shape index (κ2) is 7.22. The lowest BCUT2D eigenvalue weighted by Crippen LogP contribution is -2.17. The fraction of sp³-hybridized carbons (Fsp3) is 0.167. The maximum absolute atomic E-state index is 10.9. The molecule has 27 heavy (non-hydrogen) atoms. The van der Waals surface area contributed by atoms with E-state index in [1.54, 1.807) is 23.5 Å². The summed E-state index contributed by atoms with van der Waals surface area (Å²) in [5.41, 5.74) is 1.54. The van der Waals surface area contributed by atoms with E-state index in [0.29, 0.717) is 30.4 Å². The number of para-hydroxylation sites is 1. The average Bonchev–Trinajstić information content (AvgIpc) is 3.28. The minimum Gasteiger partial charge on any atom is -0.338 e. The molecule has 0 bridgehead atoms. The van der Waals surface area contributed by atoms with Gasteiger partial charge in [-0.3, -0.25) is 15.0 Å². The number of fused-ring (bicyclic) bond motifs is 1. The molecule has 0 spiro atoms. The summed E-state index contributed by atoms with van der Waals surface area (Å²) >= 11 is 1.66. The smallest absolute Gasteiger partial charge is 0.270 e. The minimum atomic E-state index is -0.448. The first-order chi connectivity index (χ1) is 13.1. The van der Waals surface area contributed by atoms with Crippen LogP contribution in [0.3, 0.4) is 0 Å². The van der Waals surface area contributed by atoms with Crippen LogP contribution < -0.4 is 0 Å². The summed E-state index contributed by atoms with van der Waals surface area (Å²) in [6.45, 7) is 1.12. The standard InChI is InChI=1S/C18H15N5O3S/c1-22(11-17-19-14-7-2-3-8-15(14)27-17)10-16-20-18(21-26-16)12-5-4-6-13(9-12)23(24)25/h2-9H,10-11H2,1H3. The summed E-state index contributed by atoms with van der Waals surface area (Å²) in [7, 11) is 1.95. The second-order valence-corrected chi connectivity index (χ2v) is 7.18. The molecule has 9 heteroatoms. The third kappa shape index (κ3) is 3.83. The van der Waals surface area contributed by atoms with E-state index >= 15 is 0 Å². The quantitative estimate of drug-likeness (QED) is 0.369. The summed E-state index contributed by atoms with van der Waals surface area (Å²) < 4.78 is 6.46. The van der Waals surface area contributed by atoms with Crippen LogP contribution in [0, 0.1) is 10.1 Å². The van der Waals surface area contributed by atoms with Gasteiger partial charge in [-0.2, -0.15) is 4.98 Å². The molecule has 0 aliphatic heterocycles. The Labute approximate surface area is 158 Å². The van der Waals surface area contributed by atoms with Gasteiger partial charge in [-0.05, 0) is 19.2 Å². The van der Waals surface area contributed by atoms with Crippen molar-refractivity contribution in [2.45, 2.75) is 13.1 Å². The molecule has 0 N–H and O–H groups in total. The van der Waals surface area contributed by atoms with Gasteiger partial charge in [0.25, 0.3) is 5.69 Å². The van der Waals surface area contributed by atoms with Crippen LogP contribution in [0.2, 0.25) is 0 Å². The Kier molecular flexibility index (Phi) is 4.61. The zero-order valence-electron chi connectivity index (χ0n) is 14.4. The first-order valence-corrected chi connectivity index (χ1v) is 9.00. The molecule has 0 aliphatic rings. The Balaban J connectivity index is 1.45. The summed E-state index contributed by atoms with van der Waals surface area (Å²) in [5.74, 6) is 0.780. The van der Waals surface area contributed by atoms with Crippen molar-refractivity contribution < 1.29 is 9.45 Å². The molecule has 0 saturated carbocycles. The number of nitro benzene ring substituents is 1.